The summed E-state index contributed by atoms with van der Waals surface area (Å²) in [5, 5.41) is 0. The van der Waals surface area contributed by atoms with Gasteiger partial charge in [-0.05, 0) is 31.1 Å². The number of rotatable bonds is 4. The van der Waals surface area contributed by atoms with Gasteiger partial charge < -0.3 is 9.47 Å². The van der Waals surface area contributed by atoms with Crippen LogP contribution in [0.3, 0.4) is 0 Å². The summed E-state index contributed by atoms with van der Waals surface area (Å²) in [6, 6.07) is 0. The summed E-state index contributed by atoms with van der Waals surface area (Å²) in [5.74, 6) is 1.78. The third-order valence-electron chi connectivity index (χ3n) is 5.13. The molecule has 0 atom stereocenters. The van der Waals surface area contributed by atoms with Crippen LogP contribution in [-0.2, 0) is 9.47 Å². The molecule has 2 fully saturated rings. The molecule has 1 saturated heterocycles. The molecule has 0 aromatic heterocycles. The highest BCUT2D eigenvalue weighted by molar-refractivity contribution is 4.87. The van der Waals surface area contributed by atoms with Gasteiger partial charge in [0.25, 0.3) is 0 Å². The Balaban J connectivity index is 1.82. The molecule has 106 valence electrons. The molecule has 1 aliphatic heterocycles. The third-order valence-corrected chi connectivity index (χ3v) is 5.13. The Hall–Kier alpha value is -0.0800. The highest BCUT2D eigenvalue weighted by Crippen LogP contribution is 2.43. The van der Waals surface area contributed by atoms with Gasteiger partial charge in [-0.2, -0.15) is 0 Å². The van der Waals surface area contributed by atoms with Crippen LogP contribution in [-0.4, -0.2) is 19.5 Å². The second kappa shape index (κ2) is 6.38. The van der Waals surface area contributed by atoms with Gasteiger partial charge in [-0.1, -0.05) is 46.5 Å². The van der Waals surface area contributed by atoms with Crippen molar-refractivity contribution in [2.75, 3.05) is 13.2 Å². The Kier molecular flexibility index (Phi) is 5.08. The molecule has 1 saturated carbocycles. The van der Waals surface area contributed by atoms with Gasteiger partial charge in [-0.25, -0.2) is 0 Å². The van der Waals surface area contributed by atoms with Crippen molar-refractivity contribution in [3.8, 4) is 0 Å². The van der Waals surface area contributed by atoms with E-state index in [-0.39, 0.29) is 11.7 Å². The first-order valence-corrected chi connectivity index (χ1v) is 7.91. The molecule has 0 unspecified atom stereocenters. The fraction of sp³-hybridized carbons (Fsp3) is 1.00. The third kappa shape index (κ3) is 3.27. The van der Waals surface area contributed by atoms with Crippen LogP contribution in [0.2, 0.25) is 0 Å². The zero-order valence-corrected chi connectivity index (χ0v) is 12.4. The van der Waals surface area contributed by atoms with Gasteiger partial charge in [-0.3, -0.25) is 0 Å². The lowest BCUT2D eigenvalue weighted by Gasteiger charge is -2.45. The number of ether oxygens (including phenoxy) is 2. The molecular formula is C16H30O2. The van der Waals surface area contributed by atoms with E-state index in [9.17, 15) is 0 Å². The molecule has 0 radical (unpaired) electrons. The van der Waals surface area contributed by atoms with Crippen LogP contribution in [0.15, 0.2) is 0 Å². The Morgan fingerprint density at radius 3 is 2.11 bits per heavy atom. The van der Waals surface area contributed by atoms with E-state index >= 15 is 0 Å². The fourth-order valence-electron chi connectivity index (χ4n) is 3.56. The second-order valence-corrected chi connectivity index (χ2v) is 6.62. The van der Waals surface area contributed by atoms with Crippen LogP contribution >= 0.6 is 0 Å². The molecule has 0 bridgehead atoms. The molecule has 0 aromatic rings. The lowest BCUT2D eigenvalue weighted by molar-refractivity contribution is -0.241. The maximum absolute atomic E-state index is 5.92. The summed E-state index contributed by atoms with van der Waals surface area (Å²) < 4.78 is 11.8. The summed E-state index contributed by atoms with van der Waals surface area (Å²) in [6.45, 7) is 8.69. The smallest absolute Gasteiger partial charge is 0.157 e. The van der Waals surface area contributed by atoms with Crippen LogP contribution in [0.1, 0.15) is 65.7 Å². The van der Waals surface area contributed by atoms with Crippen LogP contribution in [0, 0.1) is 17.3 Å². The quantitative estimate of drug-likeness (QED) is 0.741. The van der Waals surface area contributed by atoms with Gasteiger partial charge in [0.05, 0.1) is 13.2 Å². The second-order valence-electron chi connectivity index (χ2n) is 6.62. The minimum atomic E-state index is 0.0649. The van der Waals surface area contributed by atoms with Gasteiger partial charge >= 0.3 is 0 Å². The lowest BCUT2D eigenvalue weighted by atomic mass is 9.68. The van der Waals surface area contributed by atoms with Gasteiger partial charge in [0.1, 0.15) is 0 Å². The molecule has 2 heteroatoms. The van der Waals surface area contributed by atoms with Crippen molar-refractivity contribution in [3.05, 3.63) is 0 Å². The summed E-state index contributed by atoms with van der Waals surface area (Å²) in [5.41, 5.74) is 0.267. The molecule has 0 N–H and O–H groups in total. The summed E-state index contributed by atoms with van der Waals surface area (Å²) in [4.78, 5) is 0. The van der Waals surface area contributed by atoms with E-state index in [1.165, 1.54) is 32.1 Å². The summed E-state index contributed by atoms with van der Waals surface area (Å²) >= 11 is 0. The zero-order chi connectivity index (χ0) is 13.0. The lowest BCUT2D eigenvalue weighted by Crippen LogP contribution is -2.45. The molecule has 1 heterocycles. The average Bonchev–Trinajstić information content (AvgIpc) is 2.42. The van der Waals surface area contributed by atoms with Gasteiger partial charge in [0.2, 0.25) is 0 Å². The largest absolute Gasteiger partial charge is 0.352 e. The average molecular weight is 254 g/mol. The standard InChI is InChI=1S/C16H30O2/c1-4-6-15-17-11-16(3,12-18-15)14-9-7-13(5-2)8-10-14/h13-15H,4-12H2,1-3H3. The number of hydrogen-bond acceptors (Lipinski definition) is 2. The first-order chi connectivity index (χ1) is 8.68. The van der Waals surface area contributed by atoms with Crippen LogP contribution in [0.5, 0.6) is 0 Å². The van der Waals surface area contributed by atoms with Crippen LogP contribution < -0.4 is 0 Å². The minimum absolute atomic E-state index is 0.0649. The van der Waals surface area contributed by atoms with E-state index in [4.69, 9.17) is 9.47 Å². The number of hydrogen-bond donors (Lipinski definition) is 0. The van der Waals surface area contributed by atoms with Crippen molar-refractivity contribution in [1.82, 2.24) is 0 Å². The van der Waals surface area contributed by atoms with Crippen molar-refractivity contribution in [2.24, 2.45) is 17.3 Å². The Morgan fingerprint density at radius 2 is 1.61 bits per heavy atom. The predicted molar refractivity (Wildman–Crippen MR) is 74.4 cm³/mol. The molecule has 2 rings (SSSR count). The van der Waals surface area contributed by atoms with E-state index in [0.29, 0.717) is 0 Å². The predicted octanol–water partition coefficient (Wildman–Crippen LogP) is 4.38. The molecule has 2 aliphatic rings. The van der Waals surface area contributed by atoms with E-state index < -0.39 is 0 Å². The molecule has 0 amide bonds. The normalized spacial score (nSPS) is 41.8. The van der Waals surface area contributed by atoms with Crippen molar-refractivity contribution in [2.45, 2.75) is 72.0 Å². The highest BCUT2D eigenvalue weighted by Gasteiger charge is 2.40. The van der Waals surface area contributed by atoms with Crippen molar-refractivity contribution in [3.63, 3.8) is 0 Å². The first kappa shape index (κ1) is 14.3. The van der Waals surface area contributed by atoms with E-state index in [1.807, 2.05) is 0 Å². The zero-order valence-electron chi connectivity index (χ0n) is 12.4. The minimum Gasteiger partial charge on any atom is -0.352 e. The fourth-order valence-corrected chi connectivity index (χ4v) is 3.56. The SMILES string of the molecule is CCCC1OCC(C)(C2CCC(CC)CC2)CO1. The molecule has 0 spiro atoms. The maximum atomic E-state index is 5.92. The highest BCUT2D eigenvalue weighted by atomic mass is 16.7. The van der Waals surface area contributed by atoms with Crippen LogP contribution in [0.4, 0.5) is 0 Å². The van der Waals surface area contributed by atoms with Crippen molar-refractivity contribution < 1.29 is 9.47 Å². The Bertz CT molecular complexity index is 235. The molecule has 0 aromatic carbocycles. The Labute approximate surface area is 112 Å². The summed E-state index contributed by atoms with van der Waals surface area (Å²) in [6.07, 6.45) is 9.18. The van der Waals surface area contributed by atoms with Crippen molar-refractivity contribution in [1.29, 1.82) is 0 Å². The monoisotopic (exact) mass is 254 g/mol. The van der Waals surface area contributed by atoms with Gasteiger partial charge in [0.15, 0.2) is 6.29 Å². The van der Waals surface area contributed by atoms with Crippen molar-refractivity contribution >= 4 is 0 Å². The van der Waals surface area contributed by atoms with E-state index in [0.717, 1.165) is 37.9 Å². The van der Waals surface area contributed by atoms with Crippen LogP contribution in [0.25, 0.3) is 0 Å². The Morgan fingerprint density at radius 1 is 1.00 bits per heavy atom. The maximum Gasteiger partial charge on any atom is 0.157 e. The molecule has 2 nitrogen and oxygen atoms in total. The topological polar surface area (TPSA) is 18.5 Å². The molecule has 18 heavy (non-hydrogen) atoms. The van der Waals surface area contributed by atoms with E-state index in [1.54, 1.807) is 0 Å². The molecular weight excluding hydrogens is 224 g/mol. The van der Waals surface area contributed by atoms with Gasteiger partial charge in [0, 0.05) is 5.41 Å². The van der Waals surface area contributed by atoms with E-state index in [2.05, 4.69) is 20.8 Å². The van der Waals surface area contributed by atoms with Gasteiger partial charge in [-0.15, -0.1) is 0 Å². The molecule has 1 aliphatic carbocycles. The summed E-state index contributed by atoms with van der Waals surface area (Å²) in [7, 11) is 0. The first-order valence-electron chi connectivity index (χ1n) is 7.91.